The van der Waals surface area contributed by atoms with Gasteiger partial charge in [0.25, 0.3) is 0 Å². The minimum Gasteiger partial charge on any atom is -0.294 e. The largest absolute Gasteiger partial charge is 0.294 e. The van der Waals surface area contributed by atoms with Crippen LogP contribution < -0.4 is 0 Å². The molecule has 0 spiro atoms. The van der Waals surface area contributed by atoms with Crippen LogP contribution in [0.1, 0.15) is 34.0 Å². The number of fused-ring (bicyclic) bond motifs is 4. The second-order valence-corrected chi connectivity index (χ2v) is 6.31. The summed E-state index contributed by atoms with van der Waals surface area (Å²) in [6, 6.07) is 18.1. The number of carbonyl (C=O) groups excluding carboxylic acids is 1. The summed E-state index contributed by atoms with van der Waals surface area (Å²) in [5, 5.41) is 0. The highest BCUT2D eigenvalue weighted by Gasteiger charge is 2.28. The highest BCUT2D eigenvalue weighted by molar-refractivity contribution is 5.99. The Morgan fingerprint density at radius 2 is 1.71 bits per heavy atom. The summed E-state index contributed by atoms with van der Waals surface area (Å²) in [6.07, 6.45) is 3.23. The zero-order valence-electron chi connectivity index (χ0n) is 13.0. The maximum absolute atomic E-state index is 12.7. The number of para-hydroxylation sites is 2. The molecule has 116 valence electrons. The Bertz CT molecular complexity index is 1080. The van der Waals surface area contributed by atoms with Crippen molar-refractivity contribution < 1.29 is 4.79 Å². The lowest BCUT2D eigenvalue weighted by molar-refractivity contribution is 0.0962. The van der Waals surface area contributed by atoms with Gasteiger partial charge in [0.15, 0.2) is 5.78 Å². The van der Waals surface area contributed by atoms with E-state index in [1.54, 1.807) is 0 Å². The van der Waals surface area contributed by atoms with E-state index >= 15 is 0 Å². The third kappa shape index (κ3) is 1.96. The maximum atomic E-state index is 12.7. The van der Waals surface area contributed by atoms with Crippen LogP contribution in [-0.4, -0.2) is 20.2 Å². The van der Waals surface area contributed by atoms with Crippen LogP contribution in [0.3, 0.4) is 0 Å². The summed E-state index contributed by atoms with van der Waals surface area (Å²) in [7, 11) is 0. The van der Waals surface area contributed by atoms with E-state index in [4.69, 9.17) is 4.98 Å². The third-order valence-corrected chi connectivity index (χ3v) is 4.82. The van der Waals surface area contributed by atoms with Gasteiger partial charge >= 0.3 is 0 Å². The highest BCUT2D eigenvalue weighted by atomic mass is 16.1. The molecule has 0 fully saturated rings. The summed E-state index contributed by atoms with van der Waals surface area (Å²) < 4.78 is 1.93. The zero-order valence-corrected chi connectivity index (χ0v) is 13.0. The minimum atomic E-state index is 0.164. The van der Waals surface area contributed by atoms with Crippen molar-refractivity contribution in [2.24, 2.45) is 0 Å². The molecular formula is C20H15N3O. The number of hydrogen-bond acceptors (Lipinski definition) is 3. The van der Waals surface area contributed by atoms with Crippen LogP contribution in [0.2, 0.25) is 0 Å². The van der Waals surface area contributed by atoms with Gasteiger partial charge in [-0.3, -0.25) is 9.20 Å². The SMILES string of the molecule is O=C1C[C@H](c2ccccc2)Cc2nc3nc4ccccc4n3cc21. The Morgan fingerprint density at radius 3 is 2.58 bits per heavy atom. The molecule has 2 heterocycles. The molecule has 0 unspecified atom stereocenters. The molecule has 0 aliphatic heterocycles. The summed E-state index contributed by atoms with van der Waals surface area (Å²) in [4.78, 5) is 22.0. The van der Waals surface area contributed by atoms with Gasteiger partial charge in [-0.1, -0.05) is 42.5 Å². The molecule has 2 aromatic heterocycles. The van der Waals surface area contributed by atoms with E-state index in [0.717, 1.165) is 28.7 Å². The van der Waals surface area contributed by atoms with Crippen molar-refractivity contribution in [2.75, 3.05) is 0 Å². The normalized spacial score (nSPS) is 17.3. The topological polar surface area (TPSA) is 47.3 Å². The number of ketones is 1. The fraction of sp³-hybridized carbons (Fsp3) is 0.150. The lowest BCUT2D eigenvalue weighted by Crippen LogP contribution is -2.21. The van der Waals surface area contributed by atoms with Gasteiger partial charge in [0.1, 0.15) is 0 Å². The monoisotopic (exact) mass is 313 g/mol. The molecule has 5 rings (SSSR count). The summed E-state index contributed by atoms with van der Waals surface area (Å²) in [5.74, 6) is 1.03. The number of benzene rings is 2. The van der Waals surface area contributed by atoms with Crippen LogP contribution in [0.25, 0.3) is 16.8 Å². The van der Waals surface area contributed by atoms with Crippen LogP contribution in [0, 0.1) is 0 Å². The van der Waals surface area contributed by atoms with E-state index in [1.165, 1.54) is 5.56 Å². The molecule has 0 saturated heterocycles. The van der Waals surface area contributed by atoms with Gasteiger partial charge in [-0.25, -0.2) is 9.97 Å². The molecule has 1 atom stereocenters. The van der Waals surface area contributed by atoms with E-state index in [1.807, 2.05) is 53.1 Å². The van der Waals surface area contributed by atoms with Crippen molar-refractivity contribution in [3.05, 3.63) is 77.6 Å². The van der Waals surface area contributed by atoms with Crippen molar-refractivity contribution in [1.29, 1.82) is 0 Å². The fourth-order valence-electron chi connectivity index (χ4n) is 3.61. The van der Waals surface area contributed by atoms with Gasteiger partial charge in [0.05, 0.1) is 22.3 Å². The predicted octanol–water partition coefficient (Wildman–Crippen LogP) is 3.80. The van der Waals surface area contributed by atoms with Crippen molar-refractivity contribution in [3.63, 3.8) is 0 Å². The van der Waals surface area contributed by atoms with Gasteiger partial charge < -0.3 is 0 Å². The molecule has 0 bridgehead atoms. The van der Waals surface area contributed by atoms with Crippen LogP contribution in [0.4, 0.5) is 0 Å². The summed E-state index contributed by atoms with van der Waals surface area (Å²) in [6.45, 7) is 0. The van der Waals surface area contributed by atoms with Gasteiger partial charge in [0, 0.05) is 12.6 Å². The molecule has 0 radical (unpaired) electrons. The summed E-state index contributed by atoms with van der Waals surface area (Å²) >= 11 is 0. The maximum Gasteiger partial charge on any atom is 0.235 e. The molecule has 1 aliphatic rings. The fourth-order valence-corrected chi connectivity index (χ4v) is 3.61. The van der Waals surface area contributed by atoms with Crippen molar-refractivity contribution in [3.8, 4) is 0 Å². The molecule has 0 amide bonds. The number of rotatable bonds is 1. The molecule has 24 heavy (non-hydrogen) atoms. The Morgan fingerprint density at radius 1 is 0.917 bits per heavy atom. The summed E-state index contributed by atoms with van der Waals surface area (Å²) in [5.41, 5.74) is 4.69. The molecular weight excluding hydrogens is 298 g/mol. The predicted molar refractivity (Wildman–Crippen MR) is 92.3 cm³/mol. The average molecular weight is 313 g/mol. The smallest absolute Gasteiger partial charge is 0.235 e. The van der Waals surface area contributed by atoms with Gasteiger partial charge in [-0.2, -0.15) is 0 Å². The Balaban J connectivity index is 1.67. The first-order valence-electron chi connectivity index (χ1n) is 8.14. The Labute approximate surface area is 138 Å². The van der Waals surface area contributed by atoms with Crippen molar-refractivity contribution in [1.82, 2.24) is 14.4 Å². The number of aromatic nitrogens is 3. The zero-order chi connectivity index (χ0) is 16.1. The number of Topliss-reactive ketones (excluding diaryl/α,β-unsaturated/α-hetero) is 1. The molecule has 4 aromatic rings. The Hall–Kier alpha value is -3.01. The minimum absolute atomic E-state index is 0.164. The molecule has 1 aliphatic carbocycles. The van der Waals surface area contributed by atoms with E-state index in [-0.39, 0.29) is 11.7 Å². The van der Waals surface area contributed by atoms with E-state index in [0.29, 0.717) is 12.2 Å². The van der Waals surface area contributed by atoms with Crippen molar-refractivity contribution in [2.45, 2.75) is 18.8 Å². The second kappa shape index (κ2) is 4.99. The standard InChI is InChI=1S/C20H15N3O/c24-19-11-14(13-6-2-1-3-7-13)10-17-15(19)12-23-18-9-5-4-8-16(18)21-20(23)22-17/h1-9,12,14H,10-11H2/t14-/m1/s1. The third-order valence-electron chi connectivity index (χ3n) is 4.82. The Kier molecular flexibility index (Phi) is 2.80. The first kappa shape index (κ1) is 13.4. The van der Waals surface area contributed by atoms with Gasteiger partial charge in [-0.15, -0.1) is 0 Å². The average Bonchev–Trinajstić information content (AvgIpc) is 2.98. The second-order valence-electron chi connectivity index (χ2n) is 6.31. The van der Waals surface area contributed by atoms with Gasteiger partial charge in [0.2, 0.25) is 5.78 Å². The van der Waals surface area contributed by atoms with Gasteiger partial charge in [-0.05, 0) is 30.0 Å². The first-order valence-corrected chi connectivity index (χ1v) is 8.14. The molecule has 4 heteroatoms. The first-order chi connectivity index (χ1) is 11.8. The van der Waals surface area contributed by atoms with E-state index in [2.05, 4.69) is 17.1 Å². The number of carbonyl (C=O) groups is 1. The van der Waals surface area contributed by atoms with Crippen LogP contribution in [0.15, 0.2) is 60.8 Å². The number of hydrogen-bond donors (Lipinski definition) is 0. The molecule has 4 nitrogen and oxygen atoms in total. The lowest BCUT2D eigenvalue weighted by Gasteiger charge is -2.23. The number of imidazole rings is 1. The highest BCUT2D eigenvalue weighted by Crippen LogP contribution is 2.32. The van der Waals surface area contributed by atoms with Crippen molar-refractivity contribution >= 4 is 22.6 Å². The lowest BCUT2D eigenvalue weighted by atomic mass is 9.82. The van der Waals surface area contributed by atoms with E-state index < -0.39 is 0 Å². The molecule has 0 N–H and O–H groups in total. The van der Waals surface area contributed by atoms with Crippen LogP contribution >= 0.6 is 0 Å². The quantitative estimate of drug-likeness (QED) is 0.537. The van der Waals surface area contributed by atoms with Crippen LogP contribution in [0.5, 0.6) is 0 Å². The van der Waals surface area contributed by atoms with Crippen LogP contribution in [-0.2, 0) is 6.42 Å². The molecule has 2 aromatic carbocycles. The van der Waals surface area contributed by atoms with E-state index in [9.17, 15) is 4.79 Å². The molecule has 0 saturated carbocycles. The number of nitrogens with zero attached hydrogens (tertiary/aromatic N) is 3.